The smallest absolute Gasteiger partial charge is 0.222 e. The van der Waals surface area contributed by atoms with Crippen molar-refractivity contribution in [1.29, 1.82) is 0 Å². The highest BCUT2D eigenvalue weighted by Crippen LogP contribution is 2.24. The highest BCUT2D eigenvalue weighted by Gasteiger charge is 2.27. The lowest BCUT2D eigenvalue weighted by atomic mass is 10.1. The second-order valence-corrected chi connectivity index (χ2v) is 5.28. The van der Waals surface area contributed by atoms with Gasteiger partial charge in [0, 0.05) is 30.0 Å². The van der Waals surface area contributed by atoms with Crippen LogP contribution in [0.15, 0.2) is 0 Å². The van der Waals surface area contributed by atoms with Crippen LogP contribution >= 0.6 is 24.2 Å². The van der Waals surface area contributed by atoms with Gasteiger partial charge in [-0.15, -0.1) is 12.4 Å². The van der Waals surface area contributed by atoms with Crippen LogP contribution in [0.3, 0.4) is 0 Å². The Morgan fingerprint density at radius 2 is 2.20 bits per heavy atom. The van der Waals surface area contributed by atoms with E-state index in [1.807, 2.05) is 16.7 Å². The maximum absolute atomic E-state index is 11.8. The highest BCUT2D eigenvalue weighted by atomic mass is 35.5. The molecule has 0 radical (unpaired) electrons. The summed E-state index contributed by atoms with van der Waals surface area (Å²) in [4.78, 5) is 13.8. The third-order valence-electron chi connectivity index (χ3n) is 2.80. The molecule has 2 unspecified atom stereocenters. The van der Waals surface area contributed by atoms with E-state index in [-0.39, 0.29) is 18.3 Å². The fraction of sp³-hybridized carbons (Fsp3) is 0.900. The minimum atomic E-state index is 0. The van der Waals surface area contributed by atoms with E-state index in [0.717, 1.165) is 18.7 Å². The molecule has 0 aromatic carbocycles. The average molecular weight is 253 g/mol. The van der Waals surface area contributed by atoms with E-state index in [9.17, 15) is 4.79 Å². The zero-order valence-electron chi connectivity index (χ0n) is 9.44. The van der Waals surface area contributed by atoms with Gasteiger partial charge >= 0.3 is 0 Å². The van der Waals surface area contributed by atoms with Gasteiger partial charge in [-0.1, -0.05) is 6.92 Å². The minimum Gasteiger partial charge on any atom is -0.338 e. The van der Waals surface area contributed by atoms with E-state index in [0.29, 0.717) is 24.3 Å². The van der Waals surface area contributed by atoms with Crippen molar-refractivity contribution in [2.24, 2.45) is 5.73 Å². The maximum atomic E-state index is 11.8. The monoisotopic (exact) mass is 252 g/mol. The molecule has 0 spiro atoms. The fourth-order valence-electron chi connectivity index (χ4n) is 1.68. The van der Waals surface area contributed by atoms with E-state index in [1.165, 1.54) is 0 Å². The molecule has 15 heavy (non-hydrogen) atoms. The summed E-state index contributed by atoms with van der Waals surface area (Å²) in [5.41, 5.74) is 5.39. The summed E-state index contributed by atoms with van der Waals surface area (Å²) in [6.07, 6.45) is 1.42. The van der Waals surface area contributed by atoms with Crippen LogP contribution < -0.4 is 5.73 Å². The Balaban J connectivity index is 0.00000196. The lowest BCUT2D eigenvalue weighted by Crippen LogP contribution is -2.47. The molecule has 0 bridgehead atoms. The molecule has 0 saturated carbocycles. The van der Waals surface area contributed by atoms with Gasteiger partial charge in [0.1, 0.15) is 0 Å². The van der Waals surface area contributed by atoms with Crippen molar-refractivity contribution in [3.05, 3.63) is 0 Å². The van der Waals surface area contributed by atoms with Gasteiger partial charge < -0.3 is 10.6 Å². The molecule has 1 amide bonds. The molecule has 1 fully saturated rings. The van der Waals surface area contributed by atoms with Crippen LogP contribution in [0, 0.1) is 0 Å². The summed E-state index contributed by atoms with van der Waals surface area (Å²) in [5.74, 6) is 1.34. The van der Waals surface area contributed by atoms with Crippen molar-refractivity contribution in [3.63, 3.8) is 0 Å². The minimum absolute atomic E-state index is 0. The molecule has 1 rings (SSSR count). The Kier molecular flexibility index (Phi) is 7.40. The lowest BCUT2D eigenvalue weighted by Gasteiger charge is -2.37. The average Bonchev–Trinajstić information content (AvgIpc) is 2.18. The molecule has 1 aliphatic rings. The summed E-state index contributed by atoms with van der Waals surface area (Å²) >= 11 is 1.95. The van der Waals surface area contributed by atoms with Crippen molar-refractivity contribution in [2.75, 3.05) is 18.8 Å². The van der Waals surface area contributed by atoms with Crippen molar-refractivity contribution in [2.45, 2.75) is 38.0 Å². The van der Waals surface area contributed by atoms with Crippen LogP contribution in [0.25, 0.3) is 0 Å². The second-order valence-electron chi connectivity index (χ2n) is 3.80. The Bertz CT molecular complexity index is 204. The number of hydrogen-bond acceptors (Lipinski definition) is 3. The third kappa shape index (κ3) is 4.21. The first-order valence-electron chi connectivity index (χ1n) is 5.28. The Morgan fingerprint density at radius 1 is 1.53 bits per heavy atom. The molecule has 1 heterocycles. The highest BCUT2D eigenvalue weighted by molar-refractivity contribution is 8.00. The van der Waals surface area contributed by atoms with E-state index in [4.69, 9.17) is 5.73 Å². The molecule has 2 atom stereocenters. The number of carbonyl (C=O) groups is 1. The van der Waals surface area contributed by atoms with Crippen molar-refractivity contribution in [1.82, 2.24) is 4.90 Å². The summed E-state index contributed by atoms with van der Waals surface area (Å²) in [7, 11) is 0. The number of amides is 1. The Hall–Kier alpha value is 0.0700. The van der Waals surface area contributed by atoms with Crippen LogP contribution in [0.5, 0.6) is 0 Å². The van der Waals surface area contributed by atoms with Crippen LogP contribution in [0.4, 0.5) is 0 Å². The third-order valence-corrected chi connectivity index (χ3v) is 4.14. The first-order valence-corrected chi connectivity index (χ1v) is 6.33. The number of carbonyl (C=O) groups excluding carboxylic acids is 1. The van der Waals surface area contributed by atoms with Gasteiger partial charge in [0.25, 0.3) is 0 Å². The summed E-state index contributed by atoms with van der Waals surface area (Å²) in [5, 5.41) is 0.561. The number of hydrogen-bond donors (Lipinski definition) is 1. The topological polar surface area (TPSA) is 46.3 Å². The number of rotatable bonds is 3. The van der Waals surface area contributed by atoms with Crippen molar-refractivity contribution < 1.29 is 4.79 Å². The van der Waals surface area contributed by atoms with Gasteiger partial charge in [-0.05, 0) is 19.9 Å². The lowest BCUT2D eigenvalue weighted by molar-refractivity contribution is -0.133. The normalized spacial score (nSPS) is 25.9. The van der Waals surface area contributed by atoms with Crippen molar-refractivity contribution >= 4 is 30.1 Å². The molecule has 90 valence electrons. The van der Waals surface area contributed by atoms with Gasteiger partial charge in [-0.25, -0.2) is 0 Å². The zero-order valence-corrected chi connectivity index (χ0v) is 11.1. The van der Waals surface area contributed by atoms with Gasteiger partial charge in [0.15, 0.2) is 0 Å². The maximum Gasteiger partial charge on any atom is 0.222 e. The molecular weight excluding hydrogens is 232 g/mol. The predicted octanol–water partition coefficient (Wildman–Crippen LogP) is 1.50. The fourth-order valence-corrected chi connectivity index (χ4v) is 2.78. The standard InChI is InChI=1S/C10H20N2OS.ClH/c1-8-9(2)14-7-6-12(8)10(13)4-3-5-11;/h8-9H,3-7,11H2,1-2H3;1H. The molecule has 3 nitrogen and oxygen atoms in total. The molecule has 1 aliphatic heterocycles. The number of halogens is 1. The molecule has 1 saturated heterocycles. The van der Waals surface area contributed by atoms with E-state index in [2.05, 4.69) is 13.8 Å². The SMILES string of the molecule is CC1SCCN(C(=O)CCCN)C1C.Cl. The zero-order chi connectivity index (χ0) is 10.6. The quantitative estimate of drug-likeness (QED) is 0.828. The number of nitrogens with zero attached hydrogens (tertiary/aromatic N) is 1. The Labute approximate surface area is 103 Å². The molecule has 5 heteroatoms. The first kappa shape index (κ1) is 15.1. The second kappa shape index (κ2) is 7.36. The summed E-state index contributed by atoms with van der Waals surface area (Å²) in [6, 6.07) is 0.374. The van der Waals surface area contributed by atoms with E-state index in [1.54, 1.807) is 0 Å². The summed E-state index contributed by atoms with van der Waals surface area (Å²) < 4.78 is 0. The molecule has 0 aromatic heterocycles. The van der Waals surface area contributed by atoms with Crippen molar-refractivity contribution in [3.8, 4) is 0 Å². The van der Waals surface area contributed by atoms with Gasteiger partial charge in [0.05, 0.1) is 0 Å². The predicted molar refractivity (Wildman–Crippen MR) is 68.6 cm³/mol. The first-order chi connectivity index (χ1) is 6.66. The van der Waals surface area contributed by atoms with Gasteiger partial charge in [-0.3, -0.25) is 4.79 Å². The van der Waals surface area contributed by atoms with Gasteiger partial charge in [0.2, 0.25) is 5.91 Å². The molecular formula is C10H21ClN2OS. The summed E-state index contributed by atoms with van der Waals surface area (Å²) in [6.45, 7) is 5.84. The molecule has 0 aliphatic carbocycles. The van der Waals surface area contributed by atoms with E-state index >= 15 is 0 Å². The number of thioether (sulfide) groups is 1. The molecule has 2 N–H and O–H groups in total. The van der Waals surface area contributed by atoms with E-state index < -0.39 is 0 Å². The van der Waals surface area contributed by atoms with Crippen LogP contribution in [-0.2, 0) is 4.79 Å². The molecule has 0 aromatic rings. The Morgan fingerprint density at radius 3 is 2.80 bits per heavy atom. The number of nitrogens with two attached hydrogens (primary N) is 1. The van der Waals surface area contributed by atoms with Crippen LogP contribution in [-0.4, -0.2) is 40.9 Å². The van der Waals surface area contributed by atoms with Crippen LogP contribution in [0.1, 0.15) is 26.7 Å². The largest absolute Gasteiger partial charge is 0.338 e. The van der Waals surface area contributed by atoms with Crippen LogP contribution in [0.2, 0.25) is 0 Å². The van der Waals surface area contributed by atoms with Gasteiger partial charge in [-0.2, -0.15) is 11.8 Å².